The van der Waals surface area contributed by atoms with Crippen LogP contribution in [0.25, 0.3) is 0 Å². The van der Waals surface area contributed by atoms with E-state index in [1.54, 1.807) is 6.20 Å². The average Bonchev–Trinajstić information content (AvgIpc) is 2.73. The Morgan fingerprint density at radius 1 is 1.04 bits per heavy atom. The van der Waals surface area contributed by atoms with Gasteiger partial charge < -0.3 is 14.7 Å². The van der Waals surface area contributed by atoms with E-state index in [9.17, 15) is 4.79 Å². The first-order chi connectivity index (χ1) is 13.6. The molecule has 1 saturated heterocycles. The molecule has 0 saturated carbocycles. The molecule has 28 heavy (non-hydrogen) atoms. The van der Waals surface area contributed by atoms with E-state index in [1.165, 1.54) is 11.3 Å². The molecule has 2 aromatic rings. The Balaban J connectivity index is 1.60. The number of amides is 1. The summed E-state index contributed by atoms with van der Waals surface area (Å²) in [6, 6.07) is 12.5. The number of anilines is 2. The quantitative estimate of drug-likeness (QED) is 0.728. The number of carbonyl (C=O) groups excluding carboxylic acids is 1. The van der Waals surface area contributed by atoms with Crippen molar-refractivity contribution in [3.63, 3.8) is 0 Å². The summed E-state index contributed by atoms with van der Waals surface area (Å²) in [5, 5.41) is 0. The Morgan fingerprint density at radius 2 is 1.75 bits per heavy atom. The molecule has 1 amide bonds. The molecular weight excluding hydrogens is 348 g/mol. The van der Waals surface area contributed by atoms with E-state index in [2.05, 4.69) is 59.8 Å². The molecule has 1 aliphatic heterocycles. The van der Waals surface area contributed by atoms with Gasteiger partial charge in [0.15, 0.2) is 0 Å². The lowest BCUT2D eigenvalue weighted by atomic mass is 10.1. The van der Waals surface area contributed by atoms with E-state index in [1.807, 2.05) is 17.0 Å². The number of carbonyl (C=O) groups is 1. The number of pyridine rings is 1. The summed E-state index contributed by atoms with van der Waals surface area (Å²) >= 11 is 0. The summed E-state index contributed by atoms with van der Waals surface area (Å²) < 4.78 is 0. The van der Waals surface area contributed by atoms with E-state index in [-0.39, 0.29) is 5.91 Å². The summed E-state index contributed by atoms with van der Waals surface area (Å²) in [7, 11) is 0. The van der Waals surface area contributed by atoms with Crippen LogP contribution in [0.1, 0.15) is 42.6 Å². The molecule has 1 aliphatic rings. The highest BCUT2D eigenvalue weighted by atomic mass is 16.2. The smallest absolute Gasteiger partial charge is 0.255 e. The number of rotatable bonds is 7. The van der Waals surface area contributed by atoms with Crippen LogP contribution < -0.4 is 9.80 Å². The zero-order valence-electron chi connectivity index (χ0n) is 17.4. The van der Waals surface area contributed by atoms with E-state index in [0.717, 1.165) is 57.9 Å². The maximum Gasteiger partial charge on any atom is 0.255 e. The first-order valence-corrected chi connectivity index (χ1v) is 10.4. The molecule has 0 N–H and O–H groups in total. The second-order valence-electron chi connectivity index (χ2n) is 7.51. The van der Waals surface area contributed by atoms with Gasteiger partial charge in [0.2, 0.25) is 0 Å². The highest BCUT2D eigenvalue weighted by Crippen LogP contribution is 2.19. The van der Waals surface area contributed by atoms with E-state index in [4.69, 9.17) is 0 Å². The second kappa shape index (κ2) is 9.58. The Bertz CT molecular complexity index is 760. The van der Waals surface area contributed by atoms with Gasteiger partial charge in [0.1, 0.15) is 5.82 Å². The van der Waals surface area contributed by atoms with Crippen molar-refractivity contribution in [1.29, 1.82) is 0 Å². The van der Waals surface area contributed by atoms with E-state index >= 15 is 0 Å². The predicted molar refractivity (Wildman–Crippen MR) is 116 cm³/mol. The van der Waals surface area contributed by atoms with Crippen LogP contribution in [-0.4, -0.2) is 55.1 Å². The van der Waals surface area contributed by atoms with Gasteiger partial charge in [-0.1, -0.05) is 26.0 Å². The summed E-state index contributed by atoms with van der Waals surface area (Å²) in [6.45, 7) is 11.7. The third kappa shape index (κ3) is 4.83. The normalized spacial score (nSPS) is 14.2. The van der Waals surface area contributed by atoms with Crippen LogP contribution in [-0.2, 0) is 0 Å². The molecule has 2 heterocycles. The SMILES string of the molecule is CCCN(CCC)c1ccc(C(=O)N2CCN(c3cccc(C)c3)CC2)cn1. The van der Waals surface area contributed by atoms with Gasteiger partial charge >= 0.3 is 0 Å². The average molecular weight is 381 g/mol. The number of benzene rings is 1. The largest absolute Gasteiger partial charge is 0.368 e. The predicted octanol–water partition coefficient (Wildman–Crippen LogP) is 3.98. The van der Waals surface area contributed by atoms with Crippen molar-refractivity contribution in [1.82, 2.24) is 9.88 Å². The lowest BCUT2D eigenvalue weighted by Crippen LogP contribution is -2.48. The van der Waals surface area contributed by atoms with Crippen molar-refractivity contribution in [3.05, 3.63) is 53.7 Å². The zero-order chi connectivity index (χ0) is 19.9. The van der Waals surface area contributed by atoms with Crippen LogP contribution >= 0.6 is 0 Å². The first kappa shape index (κ1) is 20.2. The lowest BCUT2D eigenvalue weighted by Gasteiger charge is -2.36. The molecule has 1 aromatic carbocycles. The zero-order valence-corrected chi connectivity index (χ0v) is 17.4. The first-order valence-electron chi connectivity index (χ1n) is 10.4. The molecule has 0 radical (unpaired) electrons. The van der Waals surface area contributed by atoms with E-state index in [0.29, 0.717) is 5.56 Å². The van der Waals surface area contributed by atoms with Crippen molar-refractivity contribution in [2.24, 2.45) is 0 Å². The van der Waals surface area contributed by atoms with Crippen molar-refractivity contribution in [2.45, 2.75) is 33.6 Å². The highest BCUT2D eigenvalue weighted by molar-refractivity contribution is 5.94. The number of nitrogens with zero attached hydrogens (tertiary/aromatic N) is 4. The topological polar surface area (TPSA) is 39.7 Å². The monoisotopic (exact) mass is 380 g/mol. The number of hydrogen-bond donors (Lipinski definition) is 0. The standard InChI is InChI=1S/C23H32N4O/c1-4-11-26(12-5-2)22-10-9-20(18-24-22)23(28)27-15-13-25(14-16-27)21-8-6-7-19(3)17-21/h6-10,17-18H,4-5,11-16H2,1-3H3. The molecule has 0 bridgehead atoms. The van der Waals surface area contributed by atoms with Gasteiger partial charge in [0.25, 0.3) is 5.91 Å². The molecule has 0 atom stereocenters. The minimum atomic E-state index is 0.0838. The minimum absolute atomic E-state index is 0.0838. The molecule has 1 aromatic heterocycles. The number of aromatic nitrogens is 1. The molecule has 0 aliphatic carbocycles. The number of piperazine rings is 1. The number of hydrogen-bond acceptors (Lipinski definition) is 4. The highest BCUT2D eigenvalue weighted by Gasteiger charge is 2.22. The third-order valence-electron chi connectivity index (χ3n) is 5.24. The van der Waals surface area contributed by atoms with E-state index < -0.39 is 0 Å². The summed E-state index contributed by atoms with van der Waals surface area (Å²) in [6.07, 6.45) is 3.92. The molecule has 5 heteroatoms. The van der Waals surface area contributed by atoms with Gasteiger partial charge in [-0.2, -0.15) is 0 Å². The van der Waals surface area contributed by atoms with Crippen LogP contribution in [0.5, 0.6) is 0 Å². The fraction of sp³-hybridized carbons (Fsp3) is 0.478. The molecular formula is C23H32N4O. The number of aryl methyl sites for hydroxylation is 1. The lowest BCUT2D eigenvalue weighted by molar-refractivity contribution is 0.0746. The Labute approximate surface area is 169 Å². The van der Waals surface area contributed by atoms with Crippen molar-refractivity contribution >= 4 is 17.4 Å². The Morgan fingerprint density at radius 3 is 2.32 bits per heavy atom. The fourth-order valence-corrected chi connectivity index (χ4v) is 3.76. The maximum atomic E-state index is 12.9. The van der Waals surface area contributed by atoms with Gasteiger partial charge in [-0.05, 0) is 49.6 Å². The molecule has 150 valence electrons. The Kier molecular flexibility index (Phi) is 6.90. The van der Waals surface area contributed by atoms with Crippen LogP contribution in [0.2, 0.25) is 0 Å². The summed E-state index contributed by atoms with van der Waals surface area (Å²) in [4.78, 5) is 24.0. The fourth-order valence-electron chi connectivity index (χ4n) is 3.76. The molecule has 0 spiro atoms. The Hall–Kier alpha value is -2.56. The van der Waals surface area contributed by atoms with Gasteiger partial charge in [0, 0.05) is 51.2 Å². The van der Waals surface area contributed by atoms with Crippen molar-refractivity contribution in [2.75, 3.05) is 49.1 Å². The van der Waals surface area contributed by atoms with Gasteiger partial charge in [-0.3, -0.25) is 4.79 Å². The molecule has 0 unspecified atom stereocenters. The van der Waals surface area contributed by atoms with Crippen LogP contribution in [0.4, 0.5) is 11.5 Å². The van der Waals surface area contributed by atoms with Crippen LogP contribution in [0.3, 0.4) is 0 Å². The minimum Gasteiger partial charge on any atom is -0.368 e. The second-order valence-corrected chi connectivity index (χ2v) is 7.51. The van der Waals surface area contributed by atoms with Crippen molar-refractivity contribution in [3.8, 4) is 0 Å². The van der Waals surface area contributed by atoms with Crippen molar-refractivity contribution < 1.29 is 4.79 Å². The van der Waals surface area contributed by atoms with Crippen LogP contribution in [0, 0.1) is 6.92 Å². The summed E-state index contributed by atoms with van der Waals surface area (Å²) in [5.41, 5.74) is 3.19. The third-order valence-corrected chi connectivity index (χ3v) is 5.24. The van der Waals surface area contributed by atoms with Crippen LogP contribution in [0.15, 0.2) is 42.6 Å². The summed E-state index contributed by atoms with van der Waals surface area (Å²) in [5.74, 6) is 1.05. The molecule has 3 rings (SSSR count). The van der Waals surface area contributed by atoms with Gasteiger partial charge in [0.05, 0.1) is 5.56 Å². The molecule has 5 nitrogen and oxygen atoms in total. The van der Waals surface area contributed by atoms with Gasteiger partial charge in [-0.15, -0.1) is 0 Å². The maximum absolute atomic E-state index is 12.9. The molecule has 1 fully saturated rings. The van der Waals surface area contributed by atoms with Gasteiger partial charge in [-0.25, -0.2) is 4.98 Å².